The van der Waals surface area contributed by atoms with Crippen molar-refractivity contribution >= 4 is 17.7 Å². The molecule has 0 amide bonds. The molecule has 0 radical (unpaired) electrons. The van der Waals surface area contributed by atoms with Crippen molar-refractivity contribution in [1.29, 1.82) is 0 Å². The number of carboxylic acid groups (broad SMARTS) is 1. The van der Waals surface area contributed by atoms with Gasteiger partial charge in [0.2, 0.25) is 0 Å². The maximum absolute atomic E-state index is 10.7. The van der Waals surface area contributed by atoms with E-state index in [9.17, 15) is 9.90 Å². The first-order valence-corrected chi connectivity index (χ1v) is 5.07. The summed E-state index contributed by atoms with van der Waals surface area (Å²) in [6.45, 7) is 0. The van der Waals surface area contributed by atoms with Crippen molar-refractivity contribution < 1.29 is 9.90 Å². The normalized spacial score (nSPS) is 12.7. The van der Waals surface area contributed by atoms with Crippen molar-refractivity contribution in [1.82, 2.24) is 20.2 Å². The van der Waals surface area contributed by atoms with Gasteiger partial charge in [-0.3, -0.25) is 0 Å². The minimum Gasteiger partial charge on any atom is -0.548 e. The molecule has 0 aliphatic rings. The van der Waals surface area contributed by atoms with Gasteiger partial charge < -0.3 is 9.90 Å². The van der Waals surface area contributed by atoms with Crippen LogP contribution in [0.1, 0.15) is 12.5 Å². The van der Waals surface area contributed by atoms with Gasteiger partial charge in [-0.05, 0) is 28.9 Å². The molecule has 0 N–H and O–H groups in total. The van der Waals surface area contributed by atoms with Gasteiger partial charge in [0.05, 0.1) is 12.0 Å². The van der Waals surface area contributed by atoms with Gasteiger partial charge in [0.25, 0.3) is 0 Å². The summed E-state index contributed by atoms with van der Waals surface area (Å²) in [7, 11) is 0. The van der Waals surface area contributed by atoms with E-state index < -0.39 is 12.0 Å². The zero-order valence-electron chi connectivity index (χ0n) is 7.08. The average molecular weight is 201 g/mol. The van der Waals surface area contributed by atoms with E-state index in [0.717, 1.165) is 5.75 Å². The van der Waals surface area contributed by atoms with E-state index in [-0.39, 0.29) is 0 Å². The number of carbonyl (C=O) groups excluding carboxylic acids is 1. The number of aromatic nitrogens is 4. The standard InChI is InChI=1S/C6H10N4O2S/c1-13-3-2-5(6(11)12)10-4-7-8-9-10/h4-5H,2-3H2,1H3,(H,11,12)/p-1/t5-/m0/s1. The Kier molecular flexibility index (Phi) is 3.69. The molecule has 1 atom stereocenters. The number of carbonyl (C=O) groups is 1. The first-order valence-electron chi connectivity index (χ1n) is 3.68. The molecule has 0 saturated carbocycles. The zero-order valence-corrected chi connectivity index (χ0v) is 7.90. The monoisotopic (exact) mass is 201 g/mol. The summed E-state index contributed by atoms with van der Waals surface area (Å²) in [5, 5.41) is 20.9. The van der Waals surface area contributed by atoms with Crippen LogP contribution in [0.25, 0.3) is 0 Å². The average Bonchev–Trinajstić information content (AvgIpc) is 2.57. The number of hydrogen-bond acceptors (Lipinski definition) is 6. The van der Waals surface area contributed by atoms with Gasteiger partial charge >= 0.3 is 0 Å². The van der Waals surface area contributed by atoms with Gasteiger partial charge in [-0.15, -0.1) is 5.10 Å². The van der Waals surface area contributed by atoms with E-state index in [1.807, 2.05) is 6.26 Å². The lowest BCUT2D eigenvalue weighted by Crippen LogP contribution is -2.34. The molecule has 1 aromatic rings. The number of aliphatic carboxylic acids is 1. The molecule has 0 bridgehead atoms. The molecular weight excluding hydrogens is 192 g/mol. The SMILES string of the molecule is CSCC[C@@H](C(=O)[O-])n1cnnn1. The summed E-state index contributed by atoms with van der Waals surface area (Å²) in [6, 6.07) is -0.762. The Morgan fingerprint density at radius 2 is 2.54 bits per heavy atom. The molecule has 0 aromatic carbocycles. The molecule has 1 rings (SSSR count). The molecule has 7 heteroatoms. The lowest BCUT2D eigenvalue weighted by Gasteiger charge is -2.15. The molecule has 0 aliphatic carbocycles. The molecule has 0 aliphatic heterocycles. The Morgan fingerprint density at radius 1 is 1.77 bits per heavy atom. The van der Waals surface area contributed by atoms with Gasteiger partial charge in [-0.25, -0.2) is 4.68 Å². The Morgan fingerprint density at radius 3 is 3.00 bits per heavy atom. The third-order valence-corrected chi connectivity index (χ3v) is 2.20. The first-order chi connectivity index (χ1) is 6.25. The summed E-state index contributed by atoms with van der Waals surface area (Å²) in [4.78, 5) is 10.7. The largest absolute Gasteiger partial charge is 0.548 e. The van der Waals surface area contributed by atoms with Gasteiger partial charge in [-0.1, -0.05) is 0 Å². The molecular formula is C6H9N4O2S-. The van der Waals surface area contributed by atoms with Crippen LogP contribution in [-0.4, -0.2) is 38.2 Å². The summed E-state index contributed by atoms with van der Waals surface area (Å²) in [6.07, 6.45) is 3.65. The van der Waals surface area contributed by atoms with E-state index >= 15 is 0 Å². The predicted octanol–water partition coefficient (Wildman–Crippen LogP) is -1.28. The highest BCUT2D eigenvalue weighted by molar-refractivity contribution is 7.98. The second kappa shape index (κ2) is 4.80. The first kappa shape index (κ1) is 9.97. The maximum atomic E-state index is 10.7. The van der Waals surface area contributed by atoms with Crippen molar-refractivity contribution in [2.75, 3.05) is 12.0 Å². The van der Waals surface area contributed by atoms with E-state index in [1.54, 1.807) is 11.8 Å². The van der Waals surface area contributed by atoms with Crippen LogP contribution in [0.15, 0.2) is 6.33 Å². The van der Waals surface area contributed by atoms with Crippen molar-refractivity contribution in [3.05, 3.63) is 6.33 Å². The molecule has 13 heavy (non-hydrogen) atoms. The summed E-state index contributed by atoms with van der Waals surface area (Å²) in [5.74, 6) is -0.417. The van der Waals surface area contributed by atoms with Crippen LogP contribution in [0.4, 0.5) is 0 Å². The summed E-state index contributed by atoms with van der Waals surface area (Å²) < 4.78 is 1.20. The fraction of sp³-hybridized carbons (Fsp3) is 0.667. The van der Waals surface area contributed by atoms with E-state index in [2.05, 4.69) is 15.5 Å². The lowest BCUT2D eigenvalue weighted by atomic mass is 10.2. The molecule has 0 saturated heterocycles. The van der Waals surface area contributed by atoms with Crippen molar-refractivity contribution in [3.8, 4) is 0 Å². The molecule has 1 heterocycles. The Bertz CT molecular complexity index is 264. The third kappa shape index (κ3) is 2.69. The van der Waals surface area contributed by atoms with Crippen molar-refractivity contribution in [3.63, 3.8) is 0 Å². The van der Waals surface area contributed by atoms with E-state index in [4.69, 9.17) is 0 Å². The molecule has 1 aromatic heterocycles. The maximum Gasteiger partial charge on any atom is 0.138 e. The highest BCUT2D eigenvalue weighted by atomic mass is 32.2. The minimum absolute atomic E-state index is 0.467. The van der Waals surface area contributed by atoms with Gasteiger partial charge in [0.1, 0.15) is 6.33 Å². The third-order valence-electron chi connectivity index (χ3n) is 1.55. The summed E-state index contributed by atoms with van der Waals surface area (Å²) >= 11 is 1.57. The van der Waals surface area contributed by atoms with Crippen LogP contribution in [-0.2, 0) is 4.79 Å². The topological polar surface area (TPSA) is 83.7 Å². The van der Waals surface area contributed by atoms with Crippen LogP contribution in [0.5, 0.6) is 0 Å². The highest BCUT2D eigenvalue weighted by Crippen LogP contribution is 2.10. The van der Waals surface area contributed by atoms with Crippen LogP contribution >= 0.6 is 11.8 Å². The highest BCUT2D eigenvalue weighted by Gasteiger charge is 2.12. The summed E-state index contributed by atoms with van der Waals surface area (Å²) in [5.41, 5.74) is 0. The Hall–Kier alpha value is -1.11. The predicted molar refractivity (Wildman–Crippen MR) is 44.9 cm³/mol. The van der Waals surface area contributed by atoms with Crippen LogP contribution in [0.2, 0.25) is 0 Å². The fourth-order valence-corrected chi connectivity index (χ4v) is 1.36. The number of nitrogens with zero attached hydrogens (tertiary/aromatic N) is 4. The number of hydrogen-bond donors (Lipinski definition) is 0. The molecule has 72 valence electrons. The molecule has 0 spiro atoms. The number of tetrazole rings is 1. The Balaban J connectivity index is 2.63. The van der Waals surface area contributed by atoms with Crippen molar-refractivity contribution in [2.45, 2.75) is 12.5 Å². The molecule has 0 fully saturated rings. The second-order valence-corrected chi connectivity index (χ2v) is 3.39. The molecule has 0 unspecified atom stereocenters. The lowest BCUT2D eigenvalue weighted by molar-refractivity contribution is -0.310. The van der Waals surface area contributed by atoms with Gasteiger partial charge in [-0.2, -0.15) is 11.8 Å². The van der Waals surface area contributed by atoms with Crippen LogP contribution in [0.3, 0.4) is 0 Å². The fourth-order valence-electron chi connectivity index (χ4n) is 0.899. The number of carboxylic acids is 1. The van der Waals surface area contributed by atoms with Crippen LogP contribution < -0.4 is 5.11 Å². The van der Waals surface area contributed by atoms with E-state index in [0.29, 0.717) is 6.42 Å². The van der Waals surface area contributed by atoms with Gasteiger partial charge in [0.15, 0.2) is 0 Å². The quantitative estimate of drug-likeness (QED) is 0.590. The molecule has 6 nitrogen and oxygen atoms in total. The number of thioether (sulfide) groups is 1. The van der Waals surface area contributed by atoms with Crippen LogP contribution in [0, 0.1) is 0 Å². The Labute approximate surface area is 79.3 Å². The van der Waals surface area contributed by atoms with E-state index in [1.165, 1.54) is 11.0 Å². The second-order valence-electron chi connectivity index (χ2n) is 2.41. The van der Waals surface area contributed by atoms with Crippen molar-refractivity contribution in [2.24, 2.45) is 0 Å². The smallest absolute Gasteiger partial charge is 0.138 e. The van der Waals surface area contributed by atoms with Gasteiger partial charge in [0, 0.05) is 0 Å². The minimum atomic E-state index is -1.15. The number of rotatable bonds is 5. The zero-order chi connectivity index (χ0) is 9.68.